The Morgan fingerprint density at radius 3 is 2.25 bits per heavy atom. The minimum atomic E-state index is -0.901. The molecule has 0 bridgehead atoms. The van der Waals surface area contributed by atoms with Crippen LogP contribution in [0, 0.1) is 0 Å². The Bertz CT molecular complexity index is 517. The van der Waals surface area contributed by atoms with Crippen LogP contribution in [0.15, 0.2) is 35.9 Å². The molecule has 5 nitrogen and oxygen atoms in total. The van der Waals surface area contributed by atoms with Crippen molar-refractivity contribution in [2.24, 2.45) is 5.73 Å². The van der Waals surface area contributed by atoms with E-state index in [1.165, 1.54) is 0 Å². The smallest absolute Gasteiger partial charge is 0.264 e. The molecule has 1 aliphatic rings. The number of imide groups is 1. The average molecular weight is 216 g/mol. The zero-order valence-electron chi connectivity index (χ0n) is 8.19. The van der Waals surface area contributed by atoms with Crippen molar-refractivity contribution in [1.29, 1.82) is 0 Å². The highest BCUT2D eigenvalue weighted by Gasteiger charge is 2.34. The zero-order chi connectivity index (χ0) is 11.7. The summed E-state index contributed by atoms with van der Waals surface area (Å²) >= 11 is 0. The van der Waals surface area contributed by atoms with Crippen LogP contribution < -0.4 is 11.1 Å². The lowest BCUT2D eigenvalue weighted by atomic mass is 10.0. The van der Waals surface area contributed by atoms with Crippen LogP contribution in [0.5, 0.6) is 0 Å². The summed E-state index contributed by atoms with van der Waals surface area (Å²) in [7, 11) is 0. The second kappa shape index (κ2) is 3.62. The van der Waals surface area contributed by atoms with E-state index < -0.39 is 17.7 Å². The summed E-state index contributed by atoms with van der Waals surface area (Å²) in [6.07, 6.45) is 0. The minimum absolute atomic E-state index is 0.0399. The lowest BCUT2D eigenvalue weighted by molar-refractivity contribution is -0.124. The van der Waals surface area contributed by atoms with Gasteiger partial charge < -0.3 is 5.73 Å². The fourth-order valence-electron chi connectivity index (χ4n) is 1.57. The summed E-state index contributed by atoms with van der Waals surface area (Å²) in [5.41, 5.74) is 5.33. The molecule has 3 amide bonds. The van der Waals surface area contributed by atoms with Crippen molar-refractivity contribution < 1.29 is 14.4 Å². The highest BCUT2D eigenvalue weighted by atomic mass is 16.2. The van der Waals surface area contributed by atoms with Gasteiger partial charge in [-0.2, -0.15) is 0 Å². The van der Waals surface area contributed by atoms with Crippen LogP contribution >= 0.6 is 0 Å². The van der Waals surface area contributed by atoms with Gasteiger partial charge in [0.05, 0.1) is 5.57 Å². The van der Waals surface area contributed by atoms with Crippen LogP contribution in [0.25, 0.3) is 5.57 Å². The molecule has 80 valence electrons. The van der Waals surface area contributed by atoms with Crippen molar-refractivity contribution in [2.45, 2.75) is 0 Å². The normalized spacial score (nSPS) is 15.2. The maximum Gasteiger partial charge on any atom is 0.264 e. The highest BCUT2D eigenvalue weighted by Crippen LogP contribution is 2.23. The van der Waals surface area contributed by atoms with Crippen LogP contribution in [0.4, 0.5) is 0 Å². The van der Waals surface area contributed by atoms with Crippen molar-refractivity contribution in [3.8, 4) is 0 Å². The van der Waals surface area contributed by atoms with E-state index in [4.69, 9.17) is 5.73 Å². The quantitative estimate of drug-likeness (QED) is 0.519. The standard InChI is InChI=1S/C11H8N2O3/c12-9(14)8-7(10(15)13-11(8)16)6-4-2-1-3-5-6/h1-5H,(H2,12,14)(H,13,15,16). The summed E-state index contributed by atoms with van der Waals surface area (Å²) in [6, 6.07) is 8.45. The van der Waals surface area contributed by atoms with Crippen molar-refractivity contribution in [3.05, 3.63) is 41.5 Å². The van der Waals surface area contributed by atoms with Crippen molar-refractivity contribution >= 4 is 23.3 Å². The van der Waals surface area contributed by atoms with Gasteiger partial charge in [0.15, 0.2) is 0 Å². The second-order valence-electron chi connectivity index (χ2n) is 3.26. The molecule has 16 heavy (non-hydrogen) atoms. The number of primary amides is 1. The molecule has 0 saturated carbocycles. The Morgan fingerprint density at radius 2 is 1.69 bits per heavy atom. The summed E-state index contributed by atoms with van der Waals surface area (Å²) < 4.78 is 0. The van der Waals surface area contributed by atoms with Crippen LogP contribution in [0.3, 0.4) is 0 Å². The molecule has 1 aromatic rings. The van der Waals surface area contributed by atoms with Gasteiger partial charge in [0.25, 0.3) is 17.7 Å². The first kappa shape index (κ1) is 10.1. The van der Waals surface area contributed by atoms with Crippen molar-refractivity contribution in [3.63, 3.8) is 0 Å². The van der Waals surface area contributed by atoms with E-state index in [0.29, 0.717) is 5.56 Å². The lowest BCUT2D eigenvalue weighted by Crippen LogP contribution is -2.27. The molecule has 0 fully saturated rings. The third kappa shape index (κ3) is 1.48. The number of amides is 3. The van der Waals surface area contributed by atoms with E-state index in [2.05, 4.69) is 0 Å². The molecule has 0 spiro atoms. The minimum Gasteiger partial charge on any atom is -0.365 e. The monoisotopic (exact) mass is 216 g/mol. The summed E-state index contributed by atoms with van der Waals surface area (Å²) in [5.74, 6) is -2.23. The van der Waals surface area contributed by atoms with Gasteiger partial charge in [-0.15, -0.1) is 0 Å². The van der Waals surface area contributed by atoms with Gasteiger partial charge >= 0.3 is 0 Å². The topological polar surface area (TPSA) is 89.3 Å². The number of carbonyl (C=O) groups excluding carboxylic acids is 3. The molecule has 0 unspecified atom stereocenters. The molecule has 0 atom stereocenters. The molecule has 0 aliphatic carbocycles. The molecule has 5 heteroatoms. The average Bonchev–Trinajstić information content (AvgIpc) is 2.55. The second-order valence-corrected chi connectivity index (χ2v) is 3.26. The maximum atomic E-state index is 11.5. The van der Waals surface area contributed by atoms with E-state index in [0.717, 1.165) is 0 Å². The molecule has 0 saturated heterocycles. The first-order chi connectivity index (χ1) is 7.61. The SMILES string of the molecule is NC(=O)C1=C(c2ccccc2)C(=O)NC1=O. The fourth-order valence-corrected chi connectivity index (χ4v) is 1.57. The number of hydrogen-bond donors (Lipinski definition) is 2. The van der Waals surface area contributed by atoms with Gasteiger partial charge in [-0.3, -0.25) is 19.7 Å². The number of nitrogens with one attached hydrogen (secondary N) is 1. The molecule has 2 rings (SSSR count). The van der Waals surface area contributed by atoms with E-state index in [1.54, 1.807) is 30.3 Å². The maximum absolute atomic E-state index is 11.5. The summed E-state index contributed by atoms with van der Waals surface area (Å²) in [5, 5.41) is 2.04. The third-order valence-corrected chi connectivity index (χ3v) is 2.24. The highest BCUT2D eigenvalue weighted by molar-refractivity contribution is 6.43. The van der Waals surface area contributed by atoms with E-state index in [-0.39, 0.29) is 11.1 Å². The molecule has 0 aromatic heterocycles. The number of nitrogens with two attached hydrogens (primary N) is 1. The Kier molecular flexibility index (Phi) is 2.28. The predicted octanol–water partition coefficient (Wildman–Crippen LogP) is -0.418. The first-order valence-electron chi connectivity index (χ1n) is 4.56. The third-order valence-electron chi connectivity index (χ3n) is 2.24. The van der Waals surface area contributed by atoms with Gasteiger partial charge in [-0.1, -0.05) is 30.3 Å². The zero-order valence-corrected chi connectivity index (χ0v) is 8.19. The van der Waals surface area contributed by atoms with E-state index in [9.17, 15) is 14.4 Å². The number of hydrogen-bond acceptors (Lipinski definition) is 3. The van der Waals surface area contributed by atoms with Gasteiger partial charge in [0.2, 0.25) is 0 Å². The molecular formula is C11H8N2O3. The molecule has 1 heterocycles. The fraction of sp³-hybridized carbons (Fsp3) is 0. The molecular weight excluding hydrogens is 208 g/mol. The number of carbonyl (C=O) groups is 3. The van der Waals surface area contributed by atoms with Crippen LogP contribution in [-0.2, 0) is 14.4 Å². The van der Waals surface area contributed by atoms with Gasteiger partial charge in [0.1, 0.15) is 5.57 Å². The largest absolute Gasteiger partial charge is 0.365 e. The van der Waals surface area contributed by atoms with Crippen molar-refractivity contribution in [2.75, 3.05) is 0 Å². The first-order valence-corrected chi connectivity index (χ1v) is 4.56. The Morgan fingerprint density at radius 1 is 1.06 bits per heavy atom. The van der Waals surface area contributed by atoms with E-state index >= 15 is 0 Å². The Labute approximate surface area is 90.9 Å². The Balaban J connectivity index is 2.64. The van der Waals surface area contributed by atoms with Crippen LogP contribution in [0.2, 0.25) is 0 Å². The Hall–Kier alpha value is -2.43. The number of rotatable bonds is 2. The molecule has 1 aliphatic heterocycles. The van der Waals surface area contributed by atoms with E-state index in [1.807, 2.05) is 5.32 Å². The van der Waals surface area contributed by atoms with Gasteiger partial charge in [0, 0.05) is 0 Å². The van der Waals surface area contributed by atoms with Gasteiger partial charge in [-0.05, 0) is 5.56 Å². The van der Waals surface area contributed by atoms with Crippen molar-refractivity contribution in [1.82, 2.24) is 5.32 Å². The molecule has 3 N–H and O–H groups in total. The molecule has 1 aromatic carbocycles. The van der Waals surface area contributed by atoms with Crippen LogP contribution in [-0.4, -0.2) is 17.7 Å². The predicted molar refractivity (Wildman–Crippen MR) is 55.7 cm³/mol. The lowest BCUT2D eigenvalue weighted by Gasteiger charge is -2.00. The van der Waals surface area contributed by atoms with Gasteiger partial charge in [-0.25, -0.2) is 0 Å². The van der Waals surface area contributed by atoms with Crippen LogP contribution in [0.1, 0.15) is 5.56 Å². The summed E-state index contributed by atoms with van der Waals surface area (Å²) in [4.78, 5) is 33.9. The number of benzene rings is 1. The molecule has 0 radical (unpaired) electrons. The summed E-state index contributed by atoms with van der Waals surface area (Å²) in [6.45, 7) is 0.